The van der Waals surface area contributed by atoms with Crippen molar-refractivity contribution in [1.82, 2.24) is 9.97 Å². The second-order valence-corrected chi connectivity index (χ2v) is 7.32. The summed E-state index contributed by atoms with van der Waals surface area (Å²) >= 11 is 0. The first-order chi connectivity index (χ1) is 13.7. The molecule has 1 unspecified atom stereocenters. The molecular formula is C20H23F3N6. The first-order valence-corrected chi connectivity index (χ1v) is 9.29. The smallest absolute Gasteiger partial charge is 0.369 e. The van der Waals surface area contributed by atoms with E-state index in [1.54, 1.807) is 11.0 Å². The zero-order valence-electron chi connectivity index (χ0n) is 16.6. The molecule has 154 valence electrons. The number of alkyl halides is 3. The molecule has 1 aromatic heterocycles. The standard InChI is InChI=1S/C20H23F3N6/c1-27(2)18-10-19(26-13-25-18)28(3)15-5-4-8-29(12-15)17-7-6-14(11-24)9-16(17)20(21,22)23/h6-7,9-10,13,15H,4-5,8,12H2,1-3H3. The van der Waals surface area contributed by atoms with Gasteiger partial charge in [-0.05, 0) is 31.0 Å². The minimum Gasteiger partial charge on any atom is -0.369 e. The maximum atomic E-state index is 13.6. The van der Waals surface area contributed by atoms with Crippen LogP contribution in [0.1, 0.15) is 24.0 Å². The average molecular weight is 404 g/mol. The van der Waals surface area contributed by atoms with Gasteiger partial charge in [-0.15, -0.1) is 0 Å². The van der Waals surface area contributed by atoms with Crippen molar-refractivity contribution in [3.05, 3.63) is 41.7 Å². The Hall–Kier alpha value is -3.02. The van der Waals surface area contributed by atoms with E-state index in [0.717, 1.165) is 30.5 Å². The molecule has 2 heterocycles. The molecule has 1 aliphatic rings. The van der Waals surface area contributed by atoms with Crippen molar-refractivity contribution in [2.75, 3.05) is 48.9 Å². The lowest BCUT2D eigenvalue weighted by molar-refractivity contribution is -0.137. The van der Waals surface area contributed by atoms with Crippen molar-refractivity contribution < 1.29 is 13.2 Å². The van der Waals surface area contributed by atoms with E-state index in [9.17, 15) is 13.2 Å². The van der Waals surface area contributed by atoms with Gasteiger partial charge < -0.3 is 14.7 Å². The molecule has 0 radical (unpaired) electrons. The summed E-state index contributed by atoms with van der Waals surface area (Å²) in [6.45, 7) is 0.971. The van der Waals surface area contributed by atoms with Gasteiger partial charge in [-0.1, -0.05) is 0 Å². The zero-order valence-corrected chi connectivity index (χ0v) is 16.6. The van der Waals surface area contributed by atoms with Crippen molar-refractivity contribution >= 4 is 17.3 Å². The summed E-state index contributed by atoms with van der Waals surface area (Å²) in [4.78, 5) is 14.2. The predicted molar refractivity (Wildman–Crippen MR) is 106 cm³/mol. The van der Waals surface area contributed by atoms with E-state index >= 15 is 0 Å². The SMILES string of the molecule is CN(C)c1cc(N(C)C2CCCN(c3ccc(C#N)cc3C(F)(F)F)C2)ncn1. The Morgan fingerprint density at radius 2 is 1.86 bits per heavy atom. The fourth-order valence-corrected chi connectivity index (χ4v) is 3.56. The number of hydrogen-bond acceptors (Lipinski definition) is 6. The van der Waals surface area contributed by atoms with E-state index in [1.807, 2.05) is 37.0 Å². The Morgan fingerprint density at radius 3 is 2.52 bits per heavy atom. The summed E-state index contributed by atoms with van der Waals surface area (Å²) in [5.74, 6) is 1.49. The van der Waals surface area contributed by atoms with E-state index in [1.165, 1.54) is 18.5 Å². The van der Waals surface area contributed by atoms with Crippen LogP contribution in [0.4, 0.5) is 30.5 Å². The van der Waals surface area contributed by atoms with E-state index in [0.29, 0.717) is 13.1 Å². The molecule has 0 N–H and O–H groups in total. The quantitative estimate of drug-likeness (QED) is 0.777. The Kier molecular flexibility index (Phi) is 5.82. The van der Waals surface area contributed by atoms with Crippen LogP contribution in [0.3, 0.4) is 0 Å². The Balaban J connectivity index is 1.86. The molecule has 6 nitrogen and oxygen atoms in total. The van der Waals surface area contributed by atoms with Gasteiger partial charge in [-0.2, -0.15) is 18.4 Å². The van der Waals surface area contributed by atoms with Crippen LogP contribution in [0.5, 0.6) is 0 Å². The highest BCUT2D eigenvalue weighted by atomic mass is 19.4. The van der Waals surface area contributed by atoms with Crippen molar-refractivity contribution in [2.24, 2.45) is 0 Å². The van der Waals surface area contributed by atoms with Crippen LogP contribution in [0, 0.1) is 11.3 Å². The third-order valence-electron chi connectivity index (χ3n) is 5.17. The third-order valence-corrected chi connectivity index (χ3v) is 5.17. The molecule has 0 amide bonds. The normalized spacial score (nSPS) is 17.0. The van der Waals surface area contributed by atoms with Crippen LogP contribution >= 0.6 is 0 Å². The molecule has 3 rings (SSSR count). The Labute approximate surface area is 168 Å². The summed E-state index contributed by atoms with van der Waals surface area (Å²) in [5, 5.41) is 8.98. The predicted octanol–water partition coefficient (Wildman–Crippen LogP) is 3.54. The van der Waals surface area contributed by atoms with E-state index in [2.05, 4.69) is 9.97 Å². The number of aromatic nitrogens is 2. The van der Waals surface area contributed by atoms with Gasteiger partial charge in [0.05, 0.1) is 17.2 Å². The van der Waals surface area contributed by atoms with Gasteiger partial charge in [0.15, 0.2) is 0 Å². The Bertz CT molecular complexity index is 906. The van der Waals surface area contributed by atoms with Crippen LogP contribution in [0.15, 0.2) is 30.6 Å². The van der Waals surface area contributed by atoms with Gasteiger partial charge in [-0.25, -0.2) is 9.97 Å². The van der Waals surface area contributed by atoms with Crippen LogP contribution in [0.2, 0.25) is 0 Å². The van der Waals surface area contributed by atoms with Gasteiger partial charge >= 0.3 is 6.18 Å². The molecule has 1 saturated heterocycles. The molecule has 1 fully saturated rings. The number of rotatable bonds is 4. The molecule has 1 atom stereocenters. The molecule has 2 aromatic rings. The highest BCUT2D eigenvalue weighted by Gasteiger charge is 2.36. The summed E-state index contributed by atoms with van der Waals surface area (Å²) in [6, 6.07) is 7.42. The monoisotopic (exact) mass is 404 g/mol. The fraction of sp³-hybridized carbons (Fsp3) is 0.450. The number of piperidine rings is 1. The van der Waals surface area contributed by atoms with Crippen LogP contribution in [-0.4, -0.2) is 50.2 Å². The zero-order chi connectivity index (χ0) is 21.2. The number of likely N-dealkylation sites (N-methyl/N-ethyl adjacent to an activating group) is 1. The molecule has 0 aliphatic carbocycles. The van der Waals surface area contributed by atoms with Crippen LogP contribution < -0.4 is 14.7 Å². The highest BCUT2D eigenvalue weighted by molar-refractivity contribution is 5.59. The highest BCUT2D eigenvalue weighted by Crippen LogP contribution is 2.38. The Morgan fingerprint density at radius 1 is 1.14 bits per heavy atom. The minimum atomic E-state index is -4.52. The van der Waals surface area contributed by atoms with E-state index in [-0.39, 0.29) is 17.3 Å². The van der Waals surface area contributed by atoms with Gasteiger partial charge in [0.2, 0.25) is 0 Å². The maximum absolute atomic E-state index is 13.6. The summed E-state index contributed by atoms with van der Waals surface area (Å²) < 4.78 is 40.8. The number of halogens is 3. The van der Waals surface area contributed by atoms with E-state index in [4.69, 9.17) is 5.26 Å². The van der Waals surface area contributed by atoms with Gasteiger partial charge in [0.25, 0.3) is 0 Å². The topological polar surface area (TPSA) is 59.3 Å². The summed E-state index contributed by atoms with van der Waals surface area (Å²) in [5.41, 5.74) is -0.646. The van der Waals surface area contributed by atoms with E-state index < -0.39 is 11.7 Å². The average Bonchev–Trinajstić information content (AvgIpc) is 2.72. The number of hydrogen-bond donors (Lipinski definition) is 0. The van der Waals surface area contributed by atoms with Gasteiger partial charge in [0.1, 0.15) is 18.0 Å². The molecule has 29 heavy (non-hydrogen) atoms. The molecule has 1 aliphatic heterocycles. The second-order valence-electron chi connectivity index (χ2n) is 7.32. The molecule has 9 heteroatoms. The van der Waals surface area contributed by atoms with Crippen molar-refractivity contribution in [3.8, 4) is 6.07 Å². The lowest BCUT2D eigenvalue weighted by atomic mass is 10.0. The number of nitriles is 1. The van der Waals surface area contributed by atoms with Crippen LogP contribution in [-0.2, 0) is 6.18 Å². The second kappa shape index (κ2) is 8.15. The minimum absolute atomic E-state index is 0.00366. The molecule has 0 spiro atoms. The number of anilines is 3. The fourth-order valence-electron chi connectivity index (χ4n) is 3.56. The number of benzene rings is 1. The lowest BCUT2D eigenvalue weighted by Crippen LogP contribution is -2.47. The first-order valence-electron chi connectivity index (χ1n) is 9.29. The summed E-state index contributed by atoms with van der Waals surface area (Å²) in [6.07, 6.45) is -1.41. The lowest BCUT2D eigenvalue weighted by Gasteiger charge is -2.40. The van der Waals surface area contributed by atoms with Crippen molar-refractivity contribution in [1.29, 1.82) is 5.26 Å². The van der Waals surface area contributed by atoms with Crippen molar-refractivity contribution in [2.45, 2.75) is 25.1 Å². The molecular weight excluding hydrogens is 381 g/mol. The first kappa shape index (κ1) is 20.7. The molecule has 1 aromatic carbocycles. The maximum Gasteiger partial charge on any atom is 0.418 e. The largest absolute Gasteiger partial charge is 0.418 e. The van der Waals surface area contributed by atoms with Crippen LogP contribution in [0.25, 0.3) is 0 Å². The number of nitrogens with zero attached hydrogens (tertiary/aromatic N) is 6. The van der Waals surface area contributed by atoms with Gasteiger partial charge in [0, 0.05) is 52.0 Å². The third kappa shape index (κ3) is 4.53. The molecule has 0 bridgehead atoms. The molecule has 0 saturated carbocycles. The van der Waals surface area contributed by atoms with Gasteiger partial charge in [-0.3, -0.25) is 0 Å². The summed E-state index contributed by atoms with van der Waals surface area (Å²) in [7, 11) is 5.68. The van der Waals surface area contributed by atoms with Crippen molar-refractivity contribution in [3.63, 3.8) is 0 Å².